The Morgan fingerprint density at radius 3 is 2.46 bits per heavy atom. The van der Waals surface area contributed by atoms with Crippen molar-refractivity contribution in [3.8, 4) is 0 Å². The lowest BCUT2D eigenvalue weighted by atomic mass is 9.95. The Bertz CT molecular complexity index is 843. The maximum absolute atomic E-state index is 12.7. The van der Waals surface area contributed by atoms with Gasteiger partial charge in [0.05, 0.1) is 12.7 Å². The summed E-state index contributed by atoms with van der Waals surface area (Å²) < 4.78 is 4.76. The molecule has 1 N–H and O–H groups in total. The molecule has 0 aliphatic carbocycles. The first-order chi connectivity index (χ1) is 13.5. The third-order valence-electron chi connectivity index (χ3n) is 5.19. The summed E-state index contributed by atoms with van der Waals surface area (Å²) in [5.74, 6) is -0.426. The Balaban J connectivity index is 1.55. The van der Waals surface area contributed by atoms with Gasteiger partial charge in [-0.3, -0.25) is 9.69 Å². The van der Waals surface area contributed by atoms with Crippen LogP contribution < -0.4 is 5.32 Å². The van der Waals surface area contributed by atoms with Gasteiger partial charge >= 0.3 is 5.97 Å². The summed E-state index contributed by atoms with van der Waals surface area (Å²) in [7, 11) is 1.35. The van der Waals surface area contributed by atoms with Crippen molar-refractivity contribution in [1.29, 1.82) is 0 Å². The van der Waals surface area contributed by atoms with E-state index in [1.807, 2.05) is 37.3 Å². The highest BCUT2D eigenvalue weighted by Crippen LogP contribution is 2.23. The molecule has 1 saturated heterocycles. The number of anilines is 1. The fourth-order valence-corrected chi connectivity index (χ4v) is 3.56. The SMILES string of the molecule is COC(=O)c1ccc(C)c(NC(=O)C2CCN(Cc3ccc(Cl)cc3)CC2)c1. The van der Waals surface area contributed by atoms with Gasteiger partial charge in [0, 0.05) is 23.2 Å². The molecule has 1 amide bonds. The van der Waals surface area contributed by atoms with Crippen LogP contribution in [0.2, 0.25) is 5.02 Å². The largest absolute Gasteiger partial charge is 0.465 e. The minimum atomic E-state index is -0.411. The van der Waals surface area contributed by atoms with Crippen molar-refractivity contribution < 1.29 is 14.3 Å². The number of hydrogen-bond donors (Lipinski definition) is 1. The predicted octanol–water partition coefficient (Wildman–Crippen LogP) is 4.29. The molecule has 0 bridgehead atoms. The van der Waals surface area contributed by atoms with Crippen LogP contribution in [0.25, 0.3) is 0 Å². The number of ether oxygens (including phenoxy) is 1. The quantitative estimate of drug-likeness (QED) is 0.761. The number of rotatable bonds is 5. The highest BCUT2D eigenvalue weighted by Gasteiger charge is 2.25. The Morgan fingerprint density at radius 1 is 1.14 bits per heavy atom. The van der Waals surface area contributed by atoms with Crippen LogP contribution in [0.15, 0.2) is 42.5 Å². The first kappa shape index (κ1) is 20.4. The van der Waals surface area contributed by atoms with Crippen LogP contribution in [-0.4, -0.2) is 37.0 Å². The highest BCUT2D eigenvalue weighted by atomic mass is 35.5. The van der Waals surface area contributed by atoms with E-state index in [9.17, 15) is 9.59 Å². The standard InChI is InChI=1S/C22H25ClN2O3/c1-15-3-6-18(22(27)28-2)13-20(15)24-21(26)17-9-11-25(12-10-17)14-16-4-7-19(23)8-5-16/h3-8,13,17H,9-12,14H2,1-2H3,(H,24,26). The van der Waals surface area contributed by atoms with Crippen molar-refractivity contribution in [3.63, 3.8) is 0 Å². The second kappa shape index (κ2) is 9.22. The van der Waals surface area contributed by atoms with Crippen molar-refractivity contribution in [2.24, 2.45) is 5.92 Å². The molecule has 0 spiro atoms. The lowest BCUT2D eigenvalue weighted by Crippen LogP contribution is -2.37. The first-order valence-electron chi connectivity index (χ1n) is 9.43. The van der Waals surface area contributed by atoms with E-state index in [4.69, 9.17) is 16.3 Å². The second-order valence-electron chi connectivity index (χ2n) is 7.19. The monoisotopic (exact) mass is 400 g/mol. The lowest BCUT2D eigenvalue weighted by Gasteiger charge is -2.31. The molecule has 0 atom stereocenters. The number of likely N-dealkylation sites (tertiary alicyclic amines) is 1. The Kier molecular flexibility index (Phi) is 6.70. The van der Waals surface area contributed by atoms with Crippen LogP contribution in [0.1, 0.15) is 34.3 Å². The van der Waals surface area contributed by atoms with Crippen LogP contribution in [0, 0.1) is 12.8 Å². The molecule has 6 heteroatoms. The van der Waals surface area contributed by atoms with Crippen molar-refractivity contribution in [2.45, 2.75) is 26.3 Å². The number of aryl methyl sites for hydroxylation is 1. The molecule has 1 aliphatic rings. The molecule has 3 rings (SSSR count). The van der Waals surface area contributed by atoms with E-state index in [1.54, 1.807) is 12.1 Å². The van der Waals surface area contributed by atoms with Crippen LogP contribution in [-0.2, 0) is 16.1 Å². The summed E-state index contributed by atoms with van der Waals surface area (Å²) in [6.07, 6.45) is 1.63. The molecular formula is C22H25ClN2O3. The molecule has 1 aliphatic heterocycles. The van der Waals surface area contributed by atoms with Crippen LogP contribution in [0.3, 0.4) is 0 Å². The van der Waals surface area contributed by atoms with Gasteiger partial charge in [0.2, 0.25) is 5.91 Å². The van der Waals surface area contributed by atoms with E-state index in [-0.39, 0.29) is 11.8 Å². The molecule has 0 unspecified atom stereocenters. The van der Waals surface area contributed by atoms with E-state index in [1.165, 1.54) is 12.7 Å². The van der Waals surface area contributed by atoms with Crippen molar-refractivity contribution in [3.05, 3.63) is 64.2 Å². The summed E-state index contributed by atoms with van der Waals surface area (Å²) in [5.41, 5.74) is 3.24. The number of nitrogens with one attached hydrogen (secondary N) is 1. The van der Waals surface area contributed by atoms with Gasteiger partial charge in [0.1, 0.15) is 0 Å². The smallest absolute Gasteiger partial charge is 0.337 e. The van der Waals surface area contributed by atoms with Gasteiger partial charge in [0.15, 0.2) is 0 Å². The summed E-state index contributed by atoms with van der Waals surface area (Å²) >= 11 is 5.94. The van der Waals surface area contributed by atoms with Gasteiger partial charge in [-0.05, 0) is 68.2 Å². The Morgan fingerprint density at radius 2 is 1.82 bits per heavy atom. The number of piperidine rings is 1. The molecule has 1 fully saturated rings. The molecule has 0 radical (unpaired) electrons. The number of halogens is 1. The highest BCUT2D eigenvalue weighted by molar-refractivity contribution is 6.30. The normalized spacial score (nSPS) is 15.2. The van der Waals surface area contributed by atoms with E-state index >= 15 is 0 Å². The zero-order valence-electron chi connectivity index (χ0n) is 16.2. The number of benzene rings is 2. The van der Waals surface area contributed by atoms with Gasteiger partial charge in [-0.1, -0.05) is 29.8 Å². The van der Waals surface area contributed by atoms with Gasteiger partial charge < -0.3 is 10.1 Å². The zero-order chi connectivity index (χ0) is 20.1. The number of methoxy groups -OCH3 is 1. The number of nitrogens with zero attached hydrogens (tertiary/aromatic N) is 1. The molecule has 148 valence electrons. The first-order valence-corrected chi connectivity index (χ1v) is 9.80. The summed E-state index contributed by atoms with van der Waals surface area (Å²) in [6.45, 7) is 4.53. The van der Waals surface area contributed by atoms with Crippen molar-refractivity contribution >= 4 is 29.2 Å². The molecule has 2 aromatic rings. The zero-order valence-corrected chi connectivity index (χ0v) is 17.0. The molecule has 0 saturated carbocycles. The lowest BCUT2D eigenvalue weighted by molar-refractivity contribution is -0.121. The number of carbonyl (C=O) groups is 2. The average Bonchev–Trinajstić information content (AvgIpc) is 2.71. The van der Waals surface area contributed by atoms with Crippen LogP contribution >= 0.6 is 11.6 Å². The fourth-order valence-electron chi connectivity index (χ4n) is 3.44. The number of carbonyl (C=O) groups excluding carboxylic acids is 2. The van der Waals surface area contributed by atoms with E-state index in [0.29, 0.717) is 11.3 Å². The Labute approximate surface area is 170 Å². The van der Waals surface area contributed by atoms with Gasteiger partial charge in [-0.2, -0.15) is 0 Å². The van der Waals surface area contributed by atoms with Crippen molar-refractivity contribution in [2.75, 3.05) is 25.5 Å². The van der Waals surface area contributed by atoms with E-state index in [0.717, 1.165) is 43.1 Å². The number of hydrogen-bond acceptors (Lipinski definition) is 4. The molecule has 28 heavy (non-hydrogen) atoms. The third-order valence-corrected chi connectivity index (χ3v) is 5.45. The maximum atomic E-state index is 12.7. The molecule has 0 aromatic heterocycles. The molecule has 5 nitrogen and oxygen atoms in total. The number of amides is 1. The van der Waals surface area contributed by atoms with Gasteiger partial charge in [0.25, 0.3) is 0 Å². The Hall–Kier alpha value is -2.37. The summed E-state index contributed by atoms with van der Waals surface area (Å²) in [5, 5.41) is 3.73. The van der Waals surface area contributed by atoms with Crippen LogP contribution in [0.4, 0.5) is 5.69 Å². The van der Waals surface area contributed by atoms with E-state index in [2.05, 4.69) is 10.2 Å². The number of esters is 1. The fraction of sp³-hybridized carbons (Fsp3) is 0.364. The average molecular weight is 401 g/mol. The summed E-state index contributed by atoms with van der Waals surface area (Å²) in [4.78, 5) is 26.8. The topological polar surface area (TPSA) is 58.6 Å². The van der Waals surface area contributed by atoms with E-state index < -0.39 is 5.97 Å². The summed E-state index contributed by atoms with van der Waals surface area (Å²) in [6, 6.07) is 13.1. The minimum absolute atomic E-state index is 0.0104. The predicted molar refractivity (Wildman–Crippen MR) is 111 cm³/mol. The van der Waals surface area contributed by atoms with Crippen LogP contribution in [0.5, 0.6) is 0 Å². The molecule has 2 aromatic carbocycles. The van der Waals surface area contributed by atoms with Gasteiger partial charge in [-0.25, -0.2) is 4.79 Å². The third kappa shape index (κ3) is 5.12. The second-order valence-corrected chi connectivity index (χ2v) is 7.62. The minimum Gasteiger partial charge on any atom is -0.465 e. The maximum Gasteiger partial charge on any atom is 0.337 e. The van der Waals surface area contributed by atoms with Gasteiger partial charge in [-0.15, -0.1) is 0 Å². The molecular weight excluding hydrogens is 376 g/mol. The molecule has 1 heterocycles. The van der Waals surface area contributed by atoms with Crippen molar-refractivity contribution in [1.82, 2.24) is 4.90 Å².